The van der Waals surface area contributed by atoms with Gasteiger partial charge in [0.05, 0.1) is 23.4 Å². The number of rotatable bonds is 6. The van der Waals surface area contributed by atoms with E-state index in [0.29, 0.717) is 45.3 Å². The highest BCUT2D eigenvalue weighted by atomic mass is 32.1. The second kappa shape index (κ2) is 9.29. The lowest BCUT2D eigenvalue weighted by atomic mass is 10.1. The molecule has 158 valence electrons. The number of carbonyl (C=O) groups is 1. The Balaban J connectivity index is 1.56. The molecule has 0 atom stereocenters. The molecule has 0 bridgehead atoms. The van der Waals surface area contributed by atoms with Gasteiger partial charge in [-0.3, -0.25) is 0 Å². The van der Waals surface area contributed by atoms with Crippen molar-refractivity contribution < 1.29 is 13.9 Å². The smallest absolute Gasteiger partial charge is 0.345 e. The first-order valence-corrected chi connectivity index (χ1v) is 10.6. The zero-order chi connectivity index (χ0) is 22.5. The van der Waals surface area contributed by atoms with Crippen molar-refractivity contribution in [1.82, 2.24) is 4.98 Å². The number of carbonyl (C=O) groups excluding carboxylic acids is 1. The average Bonchev–Trinajstić information content (AvgIpc) is 3.29. The van der Waals surface area contributed by atoms with Crippen LogP contribution in [0.1, 0.15) is 22.3 Å². The number of fused-ring (bicyclic) bond motifs is 1. The van der Waals surface area contributed by atoms with Gasteiger partial charge in [0.15, 0.2) is 0 Å². The molecular formula is C24H17N3O4S. The van der Waals surface area contributed by atoms with Crippen LogP contribution >= 0.6 is 11.3 Å². The summed E-state index contributed by atoms with van der Waals surface area (Å²) in [5.74, 6) is -0.388. The molecule has 4 aromatic rings. The second-order valence-electron chi connectivity index (χ2n) is 6.64. The number of aromatic nitrogens is 1. The highest BCUT2D eigenvalue weighted by molar-refractivity contribution is 7.11. The minimum Gasteiger partial charge on any atom is -0.462 e. The first-order valence-electron chi connectivity index (χ1n) is 9.72. The van der Waals surface area contributed by atoms with E-state index in [2.05, 4.69) is 16.4 Å². The number of para-hydroxylation sites is 1. The molecular weight excluding hydrogens is 426 g/mol. The molecule has 4 rings (SSSR count). The first-order chi connectivity index (χ1) is 15.6. The third-order valence-corrected chi connectivity index (χ3v) is 5.43. The number of hydrogen-bond acceptors (Lipinski definition) is 8. The first kappa shape index (κ1) is 21.0. The van der Waals surface area contributed by atoms with Crippen molar-refractivity contribution in [3.63, 3.8) is 0 Å². The topological polar surface area (TPSA) is 105 Å². The Morgan fingerprint density at radius 2 is 2.03 bits per heavy atom. The van der Waals surface area contributed by atoms with Crippen LogP contribution in [0.2, 0.25) is 0 Å². The zero-order valence-electron chi connectivity index (χ0n) is 17.0. The third-order valence-electron chi connectivity index (χ3n) is 4.55. The molecule has 2 heterocycles. The molecule has 0 saturated carbocycles. The van der Waals surface area contributed by atoms with E-state index in [1.54, 1.807) is 54.8 Å². The van der Waals surface area contributed by atoms with E-state index >= 15 is 0 Å². The molecule has 0 fully saturated rings. The Morgan fingerprint density at radius 3 is 2.78 bits per heavy atom. The number of esters is 1. The van der Waals surface area contributed by atoms with Gasteiger partial charge in [-0.25, -0.2) is 14.6 Å². The van der Waals surface area contributed by atoms with Gasteiger partial charge >= 0.3 is 11.6 Å². The molecule has 0 saturated heterocycles. The number of nitriles is 1. The number of allylic oxidation sites excluding steroid dienone is 1. The van der Waals surface area contributed by atoms with Crippen LogP contribution < -0.4 is 10.9 Å². The van der Waals surface area contributed by atoms with E-state index in [-0.39, 0.29) is 5.97 Å². The molecule has 32 heavy (non-hydrogen) atoms. The molecule has 1 N–H and O–H groups in total. The number of nitrogens with zero attached hydrogens (tertiary/aromatic N) is 2. The summed E-state index contributed by atoms with van der Waals surface area (Å²) in [5, 5.41) is 15.6. The molecule has 0 aliphatic rings. The van der Waals surface area contributed by atoms with Gasteiger partial charge in [-0.1, -0.05) is 18.2 Å². The van der Waals surface area contributed by atoms with Crippen molar-refractivity contribution in [2.24, 2.45) is 0 Å². The van der Waals surface area contributed by atoms with Gasteiger partial charge in [-0.05, 0) is 43.3 Å². The molecule has 2 aromatic carbocycles. The average molecular weight is 443 g/mol. The number of hydrogen-bond donors (Lipinski definition) is 1. The van der Waals surface area contributed by atoms with Gasteiger partial charge in [0.25, 0.3) is 0 Å². The normalized spacial score (nSPS) is 11.2. The van der Waals surface area contributed by atoms with Gasteiger partial charge in [-0.15, -0.1) is 11.3 Å². The maximum Gasteiger partial charge on any atom is 0.345 e. The maximum atomic E-state index is 12.4. The summed E-state index contributed by atoms with van der Waals surface area (Å²) in [6.07, 6.45) is 1.53. The largest absolute Gasteiger partial charge is 0.462 e. The van der Waals surface area contributed by atoms with Crippen LogP contribution in [0.5, 0.6) is 0 Å². The van der Waals surface area contributed by atoms with Crippen LogP contribution in [0.15, 0.2) is 75.4 Å². The fourth-order valence-corrected chi connectivity index (χ4v) is 3.76. The van der Waals surface area contributed by atoms with Gasteiger partial charge in [0, 0.05) is 22.7 Å². The van der Waals surface area contributed by atoms with Crippen LogP contribution in [0.3, 0.4) is 0 Å². The highest BCUT2D eigenvalue weighted by Crippen LogP contribution is 2.26. The van der Waals surface area contributed by atoms with E-state index in [9.17, 15) is 14.9 Å². The van der Waals surface area contributed by atoms with Crippen LogP contribution in [0.4, 0.5) is 5.69 Å². The summed E-state index contributed by atoms with van der Waals surface area (Å²) >= 11 is 1.25. The molecule has 0 aliphatic carbocycles. The summed E-state index contributed by atoms with van der Waals surface area (Å²) < 4.78 is 10.3. The van der Waals surface area contributed by atoms with Crippen LogP contribution in [0.25, 0.3) is 27.8 Å². The van der Waals surface area contributed by atoms with Crippen LogP contribution in [-0.2, 0) is 4.74 Å². The highest BCUT2D eigenvalue weighted by Gasteiger charge is 2.14. The minimum atomic E-state index is -0.483. The summed E-state index contributed by atoms with van der Waals surface area (Å²) in [6, 6.07) is 17.8. The number of ether oxygens (including phenoxy) is 1. The molecule has 0 spiro atoms. The summed E-state index contributed by atoms with van der Waals surface area (Å²) in [7, 11) is 0. The predicted molar refractivity (Wildman–Crippen MR) is 123 cm³/mol. The van der Waals surface area contributed by atoms with Crippen molar-refractivity contribution in [1.29, 1.82) is 5.26 Å². The molecule has 0 unspecified atom stereocenters. The van der Waals surface area contributed by atoms with Crippen LogP contribution in [-0.4, -0.2) is 17.6 Å². The Morgan fingerprint density at radius 1 is 1.25 bits per heavy atom. The second-order valence-corrected chi connectivity index (χ2v) is 7.49. The maximum absolute atomic E-state index is 12.4. The zero-order valence-corrected chi connectivity index (χ0v) is 17.8. The van der Waals surface area contributed by atoms with Crippen molar-refractivity contribution in [2.75, 3.05) is 11.9 Å². The lowest BCUT2D eigenvalue weighted by Gasteiger charge is -2.04. The van der Waals surface area contributed by atoms with Gasteiger partial charge in [0.1, 0.15) is 22.2 Å². The Kier molecular flexibility index (Phi) is 6.10. The van der Waals surface area contributed by atoms with Crippen molar-refractivity contribution in [2.45, 2.75) is 6.92 Å². The predicted octanol–water partition coefficient (Wildman–Crippen LogP) is 5.07. The molecule has 2 aromatic heterocycles. The Hall–Kier alpha value is -4.22. The SMILES string of the molecule is CCOC(=O)c1ccc(NC=C(C#N)c2nc(-c3cc4ccccc4oc3=O)cs2)cc1. The number of benzene rings is 2. The standard InChI is InChI=1S/C24H17N3O4S/c1-2-30-23(28)15-7-9-18(10-8-15)26-13-17(12-25)22-27-20(14-32-22)19-11-16-5-3-4-6-21(16)31-24(19)29/h3-11,13-14,26H,2H2,1H3. The van der Waals surface area contributed by atoms with Crippen LogP contribution in [0, 0.1) is 11.3 Å². The van der Waals surface area contributed by atoms with E-state index in [1.807, 2.05) is 12.1 Å². The molecule has 7 nitrogen and oxygen atoms in total. The summed E-state index contributed by atoms with van der Waals surface area (Å²) in [4.78, 5) is 28.6. The number of thiazole rings is 1. The van der Waals surface area contributed by atoms with E-state index < -0.39 is 5.63 Å². The quantitative estimate of drug-likeness (QED) is 0.252. The lowest BCUT2D eigenvalue weighted by molar-refractivity contribution is 0.0526. The molecule has 0 amide bonds. The van der Waals surface area contributed by atoms with E-state index in [1.165, 1.54) is 17.5 Å². The van der Waals surface area contributed by atoms with E-state index in [4.69, 9.17) is 9.15 Å². The third kappa shape index (κ3) is 4.43. The summed E-state index contributed by atoms with van der Waals surface area (Å²) in [5.41, 5.74) is 2.25. The Bertz CT molecular complexity index is 1410. The minimum absolute atomic E-state index is 0.306. The van der Waals surface area contributed by atoms with Gasteiger partial charge < -0.3 is 14.5 Å². The molecule has 0 radical (unpaired) electrons. The monoisotopic (exact) mass is 443 g/mol. The van der Waals surface area contributed by atoms with Crippen molar-refractivity contribution in [3.05, 3.63) is 87.2 Å². The fourth-order valence-electron chi connectivity index (χ4n) is 2.98. The van der Waals surface area contributed by atoms with Gasteiger partial charge in [-0.2, -0.15) is 5.26 Å². The van der Waals surface area contributed by atoms with Crippen molar-refractivity contribution >= 4 is 39.5 Å². The fraction of sp³-hybridized carbons (Fsp3) is 0.0833. The molecule has 8 heteroatoms. The Labute approximate surface area is 187 Å². The number of anilines is 1. The van der Waals surface area contributed by atoms with Gasteiger partial charge in [0.2, 0.25) is 0 Å². The van der Waals surface area contributed by atoms with E-state index in [0.717, 1.165) is 5.39 Å². The lowest BCUT2D eigenvalue weighted by Crippen LogP contribution is -2.04. The van der Waals surface area contributed by atoms with Crippen molar-refractivity contribution in [3.8, 4) is 17.3 Å². The summed E-state index contributed by atoms with van der Waals surface area (Å²) in [6.45, 7) is 2.06. The molecule has 0 aliphatic heterocycles. The number of nitrogens with one attached hydrogen (secondary N) is 1.